The molecule has 0 amide bonds. The third-order valence-corrected chi connectivity index (χ3v) is 1.93. The minimum Gasteiger partial charge on any atom is -0.379 e. The number of unbranched alkanes of at least 4 members (excludes halogenated alkanes) is 1. The fourth-order valence-corrected chi connectivity index (χ4v) is 1.21. The summed E-state index contributed by atoms with van der Waals surface area (Å²) in [5, 5.41) is 7.32. The number of morpholine rings is 1. The van der Waals surface area contributed by atoms with E-state index in [4.69, 9.17) is 10.00 Å². The highest BCUT2D eigenvalue weighted by Gasteiger charge is 2.07. The van der Waals surface area contributed by atoms with Gasteiger partial charge in [-0.05, 0) is 13.0 Å². The Kier molecular flexibility index (Phi) is 9.07. The lowest BCUT2D eigenvalue weighted by Gasteiger charge is -2.26. The van der Waals surface area contributed by atoms with Gasteiger partial charge in [0.05, 0.1) is 19.3 Å². The van der Waals surface area contributed by atoms with Crippen LogP contribution in [-0.4, -0.2) is 37.7 Å². The van der Waals surface area contributed by atoms with Gasteiger partial charge in [0, 0.05) is 20.0 Å². The molecule has 13 heavy (non-hydrogen) atoms. The van der Waals surface area contributed by atoms with E-state index in [-0.39, 0.29) is 0 Å². The first-order valence-electron chi connectivity index (χ1n) is 4.96. The maximum Gasteiger partial charge on any atom is 0.0594 e. The molecular formula is C10H20N2O. The topological polar surface area (TPSA) is 36.3 Å². The summed E-state index contributed by atoms with van der Waals surface area (Å²) in [5.74, 6) is 0. The first-order valence-corrected chi connectivity index (χ1v) is 4.96. The monoisotopic (exact) mass is 184 g/mol. The Balaban J connectivity index is 0.000000424. The summed E-state index contributed by atoms with van der Waals surface area (Å²) in [6.07, 6.45) is 2.64. The third-order valence-electron chi connectivity index (χ3n) is 1.93. The van der Waals surface area contributed by atoms with Crippen molar-refractivity contribution in [1.29, 1.82) is 5.26 Å². The summed E-state index contributed by atoms with van der Waals surface area (Å²) in [7, 11) is 0. The highest BCUT2D eigenvalue weighted by molar-refractivity contribution is 4.60. The van der Waals surface area contributed by atoms with Gasteiger partial charge < -0.3 is 4.74 Å². The Morgan fingerprint density at radius 3 is 2.38 bits per heavy atom. The SMILES string of the molecule is CC#N.CCCCN1CCOCC1. The van der Waals surface area contributed by atoms with Crippen LogP contribution in [0.3, 0.4) is 0 Å². The molecular weight excluding hydrogens is 164 g/mol. The second-order valence-corrected chi connectivity index (χ2v) is 3.03. The zero-order chi connectivity index (χ0) is 9.94. The van der Waals surface area contributed by atoms with Gasteiger partial charge >= 0.3 is 0 Å². The number of hydrogen-bond donors (Lipinski definition) is 0. The molecule has 1 aliphatic heterocycles. The van der Waals surface area contributed by atoms with Crippen molar-refractivity contribution in [3.63, 3.8) is 0 Å². The number of ether oxygens (including phenoxy) is 1. The lowest BCUT2D eigenvalue weighted by molar-refractivity contribution is 0.0373. The molecule has 0 atom stereocenters. The van der Waals surface area contributed by atoms with Crippen LogP contribution in [0.1, 0.15) is 26.7 Å². The van der Waals surface area contributed by atoms with Gasteiger partial charge in [0.2, 0.25) is 0 Å². The minimum atomic E-state index is 0.934. The van der Waals surface area contributed by atoms with Crippen molar-refractivity contribution in [3.05, 3.63) is 0 Å². The molecule has 0 aliphatic carbocycles. The van der Waals surface area contributed by atoms with Gasteiger partial charge in [-0.3, -0.25) is 4.90 Å². The lowest BCUT2D eigenvalue weighted by atomic mass is 10.3. The molecule has 1 rings (SSSR count). The smallest absolute Gasteiger partial charge is 0.0594 e. The third kappa shape index (κ3) is 7.76. The second-order valence-electron chi connectivity index (χ2n) is 3.03. The molecule has 0 unspecified atom stereocenters. The molecule has 0 saturated carbocycles. The quantitative estimate of drug-likeness (QED) is 0.669. The number of nitrogens with zero attached hydrogens (tertiary/aromatic N) is 2. The molecule has 1 aliphatic rings. The number of hydrogen-bond acceptors (Lipinski definition) is 3. The van der Waals surface area contributed by atoms with Crippen molar-refractivity contribution in [2.75, 3.05) is 32.8 Å². The molecule has 0 aromatic carbocycles. The second kappa shape index (κ2) is 9.50. The highest BCUT2D eigenvalue weighted by Crippen LogP contribution is 1.98. The largest absolute Gasteiger partial charge is 0.379 e. The van der Waals surface area contributed by atoms with Crippen LogP contribution in [-0.2, 0) is 4.74 Å². The van der Waals surface area contributed by atoms with E-state index in [9.17, 15) is 0 Å². The van der Waals surface area contributed by atoms with Gasteiger partial charge in [-0.25, -0.2) is 0 Å². The Morgan fingerprint density at radius 1 is 1.38 bits per heavy atom. The number of rotatable bonds is 3. The summed E-state index contributed by atoms with van der Waals surface area (Å²) in [6, 6.07) is 1.75. The molecule has 1 saturated heterocycles. The minimum absolute atomic E-state index is 0.934. The van der Waals surface area contributed by atoms with Crippen LogP contribution < -0.4 is 0 Å². The van der Waals surface area contributed by atoms with Crippen LogP contribution in [0, 0.1) is 11.3 Å². The molecule has 0 bridgehead atoms. The van der Waals surface area contributed by atoms with Crippen LogP contribution in [0.15, 0.2) is 0 Å². The Morgan fingerprint density at radius 2 is 1.92 bits per heavy atom. The van der Waals surface area contributed by atoms with Crippen molar-refractivity contribution in [2.24, 2.45) is 0 Å². The fourth-order valence-electron chi connectivity index (χ4n) is 1.21. The zero-order valence-corrected chi connectivity index (χ0v) is 8.75. The molecule has 0 N–H and O–H groups in total. The highest BCUT2D eigenvalue weighted by atomic mass is 16.5. The van der Waals surface area contributed by atoms with E-state index < -0.39 is 0 Å². The van der Waals surface area contributed by atoms with E-state index in [1.807, 2.05) is 0 Å². The molecule has 0 radical (unpaired) electrons. The van der Waals surface area contributed by atoms with E-state index in [2.05, 4.69) is 11.8 Å². The van der Waals surface area contributed by atoms with Gasteiger partial charge in [-0.1, -0.05) is 13.3 Å². The van der Waals surface area contributed by atoms with Crippen LogP contribution in [0.25, 0.3) is 0 Å². The van der Waals surface area contributed by atoms with Gasteiger partial charge in [-0.15, -0.1) is 0 Å². The van der Waals surface area contributed by atoms with E-state index >= 15 is 0 Å². The molecule has 0 aromatic rings. The van der Waals surface area contributed by atoms with Gasteiger partial charge in [0.25, 0.3) is 0 Å². The van der Waals surface area contributed by atoms with E-state index in [0.29, 0.717) is 0 Å². The van der Waals surface area contributed by atoms with E-state index in [1.54, 1.807) is 6.07 Å². The molecule has 3 heteroatoms. The van der Waals surface area contributed by atoms with E-state index in [1.165, 1.54) is 26.3 Å². The van der Waals surface area contributed by atoms with Crippen LogP contribution in [0.5, 0.6) is 0 Å². The summed E-state index contributed by atoms with van der Waals surface area (Å²) >= 11 is 0. The summed E-state index contributed by atoms with van der Waals surface area (Å²) in [5.41, 5.74) is 0. The Labute approximate surface area is 81.3 Å². The van der Waals surface area contributed by atoms with E-state index in [0.717, 1.165) is 26.3 Å². The molecule has 0 aromatic heterocycles. The fraction of sp³-hybridized carbons (Fsp3) is 0.900. The maximum atomic E-state index is 7.32. The molecule has 1 fully saturated rings. The molecule has 1 heterocycles. The number of nitriles is 1. The summed E-state index contributed by atoms with van der Waals surface area (Å²) in [6.45, 7) is 9.08. The van der Waals surface area contributed by atoms with Gasteiger partial charge in [-0.2, -0.15) is 5.26 Å². The van der Waals surface area contributed by atoms with Crippen molar-refractivity contribution >= 4 is 0 Å². The first-order chi connectivity index (χ1) is 6.35. The summed E-state index contributed by atoms with van der Waals surface area (Å²) in [4.78, 5) is 2.48. The van der Waals surface area contributed by atoms with Crippen LogP contribution in [0.4, 0.5) is 0 Å². The average molecular weight is 184 g/mol. The predicted octanol–water partition coefficient (Wildman–Crippen LogP) is 1.65. The normalized spacial score (nSPS) is 17.0. The predicted molar refractivity (Wildman–Crippen MR) is 53.5 cm³/mol. The maximum absolute atomic E-state index is 7.32. The van der Waals surface area contributed by atoms with Gasteiger partial charge in [0.1, 0.15) is 0 Å². The Bertz CT molecular complexity index is 136. The van der Waals surface area contributed by atoms with Crippen LogP contribution >= 0.6 is 0 Å². The molecule has 3 nitrogen and oxygen atoms in total. The molecule has 0 spiro atoms. The average Bonchev–Trinajstić information content (AvgIpc) is 2.18. The molecule has 76 valence electrons. The van der Waals surface area contributed by atoms with Crippen LogP contribution in [0.2, 0.25) is 0 Å². The van der Waals surface area contributed by atoms with Crippen molar-refractivity contribution in [2.45, 2.75) is 26.7 Å². The van der Waals surface area contributed by atoms with Crippen molar-refractivity contribution < 1.29 is 4.74 Å². The lowest BCUT2D eigenvalue weighted by Crippen LogP contribution is -2.36. The summed E-state index contributed by atoms with van der Waals surface area (Å²) < 4.78 is 5.24. The van der Waals surface area contributed by atoms with Gasteiger partial charge in [0.15, 0.2) is 0 Å². The van der Waals surface area contributed by atoms with Crippen molar-refractivity contribution in [1.82, 2.24) is 4.90 Å². The first kappa shape index (κ1) is 12.4. The zero-order valence-electron chi connectivity index (χ0n) is 8.75. The standard InChI is InChI=1S/C8H17NO.C2H3N/c1-2-3-4-9-5-7-10-8-6-9;1-2-3/h2-8H2,1H3;1H3. The van der Waals surface area contributed by atoms with Crippen molar-refractivity contribution in [3.8, 4) is 6.07 Å². The Hall–Kier alpha value is -0.590.